The van der Waals surface area contributed by atoms with Gasteiger partial charge in [-0.05, 0) is 38.0 Å². The first kappa shape index (κ1) is 21.6. The van der Waals surface area contributed by atoms with Crippen LogP contribution in [-0.4, -0.2) is 31.6 Å². The van der Waals surface area contributed by atoms with Crippen LogP contribution in [0.3, 0.4) is 0 Å². The highest BCUT2D eigenvalue weighted by atomic mass is 127. The summed E-state index contributed by atoms with van der Waals surface area (Å²) in [6.07, 6.45) is 1.05. The summed E-state index contributed by atoms with van der Waals surface area (Å²) in [5.41, 5.74) is 0.809. The molecule has 0 aliphatic carbocycles. The van der Waals surface area contributed by atoms with Gasteiger partial charge in [-0.25, -0.2) is 9.38 Å². The molecule has 1 rings (SSSR count). The first-order valence-electron chi connectivity index (χ1n) is 7.58. The summed E-state index contributed by atoms with van der Waals surface area (Å²) in [5.74, 6) is 0.196. The predicted molar refractivity (Wildman–Crippen MR) is 101 cm³/mol. The highest BCUT2D eigenvalue weighted by molar-refractivity contribution is 14.0. The molecule has 1 aromatic rings. The van der Waals surface area contributed by atoms with Crippen molar-refractivity contribution in [2.75, 3.05) is 19.7 Å². The second kappa shape index (κ2) is 13.1. The van der Waals surface area contributed by atoms with Gasteiger partial charge in [0.1, 0.15) is 5.82 Å². The van der Waals surface area contributed by atoms with Gasteiger partial charge in [0.05, 0.1) is 13.2 Å². The minimum atomic E-state index is -0.264. The number of nitrogens with one attached hydrogen (secondary N) is 2. The van der Waals surface area contributed by atoms with Gasteiger partial charge in [-0.15, -0.1) is 24.0 Å². The van der Waals surface area contributed by atoms with E-state index in [0.29, 0.717) is 38.5 Å². The van der Waals surface area contributed by atoms with Gasteiger partial charge in [0.2, 0.25) is 0 Å². The van der Waals surface area contributed by atoms with Gasteiger partial charge in [0, 0.05) is 19.5 Å². The molecule has 0 bridgehead atoms. The summed E-state index contributed by atoms with van der Waals surface area (Å²) in [5, 5.41) is 6.25. The van der Waals surface area contributed by atoms with Crippen molar-refractivity contribution in [3.8, 4) is 0 Å². The topological polar surface area (TPSA) is 62.7 Å². The third kappa shape index (κ3) is 10.1. The second-order valence-electron chi connectivity index (χ2n) is 4.66. The van der Waals surface area contributed by atoms with Crippen molar-refractivity contribution in [3.05, 3.63) is 35.6 Å². The maximum atomic E-state index is 13.1. The summed E-state index contributed by atoms with van der Waals surface area (Å²) >= 11 is 0. The van der Waals surface area contributed by atoms with Crippen LogP contribution in [0.25, 0.3) is 0 Å². The number of benzene rings is 1. The van der Waals surface area contributed by atoms with E-state index in [1.807, 2.05) is 13.0 Å². The molecular formula is C16H25FIN3O2. The highest BCUT2D eigenvalue weighted by Crippen LogP contribution is 2.04. The Morgan fingerprint density at radius 1 is 1.30 bits per heavy atom. The number of carbonyl (C=O) groups excluding carboxylic acids is 1. The fourth-order valence-electron chi connectivity index (χ4n) is 1.82. The third-order valence-electron chi connectivity index (χ3n) is 2.81. The van der Waals surface area contributed by atoms with Crippen molar-refractivity contribution in [2.45, 2.75) is 33.2 Å². The molecule has 0 aromatic heterocycles. The van der Waals surface area contributed by atoms with E-state index < -0.39 is 0 Å². The summed E-state index contributed by atoms with van der Waals surface area (Å²) in [6.45, 7) is 5.91. The van der Waals surface area contributed by atoms with E-state index >= 15 is 0 Å². The lowest BCUT2D eigenvalue weighted by atomic mass is 10.2. The number of carbonyl (C=O) groups is 1. The average Bonchev–Trinajstić information content (AvgIpc) is 2.49. The average molecular weight is 437 g/mol. The van der Waals surface area contributed by atoms with Crippen molar-refractivity contribution in [2.24, 2.45) is 4.99 Å². The van der Waals surface area contributed by atoms with E-state index in [2.05, 4.69) is 15.6 Å². The van der Waals surface area contributed by atoms with E-state index in [1.165, 1.54) is 12.1 Å². The van der Waals surface area contributed by atoms with Crippen LogP contribution >= 0.6 is 24.0 Å². The SMILES string of the molecule is CCNC(=NCc1cccc(F)c1)NCCCC(=O)OCC.I. The lowest BCUT2D eigenvalue weighted by molar-refractivity contribution is -0.143. The highest BCUT2D eigenvalue weighted by Gasteiger charge is 2.02. The molecule has 7 heteroatoms. The largest absolute Gasteiger partial charge is 0.466 e. The van der Waals surface area contributed by atoms with E-state index in [-0.39, 0.29) is 35.8 Å². The molecule has 0 saturated heterocycles. The second-order valence-corrected chi connectivity index (χ2v) is 4.66. The van der Waals surface area contributed by atoms with Gasteiger partial charge in [0.25, 0.3) is 0 Å². The number of halogens is 2. The quantitative estimate of drug-likeness (QED) is 0.216. The first-order chi connectivity index (χ1) is 10.7. The smallest absolute Gasteiger partial charge is 0.305 e. The van der Waals surface area contributed by atoms with Crippen LogP contribution in [0.5, 0.6) is 0 Å². The Labute approximate surface area is 154 Å². The molecule has 2 N–H and O–H groups in total. The lowest BCUT2D eigenvalue weighted by Gasteiger charge is -2.11. The molecule has 23 heavy (non-hydrogen) atoms. The van der Waals surface area contributed by atoms with Gasteiger partial charge in [-0.3, -0.25) is 4.79 Å². The number of hydrogen-bond donors (Lipinski definition) is 2. The standard InChI is InChI=1S/C16H24FN3O2.HI/c1-3-18-16(19-10-6-9-15(21)22-4-2)20-12-13-7-5-8-14(17)11-13;/h5,7-8,11H,3-4,6,9-10,12H2,1-2H3,(H2,18,19,20);1H. The lowest BCUT2D eigenvalue weighted by Crippen LogP contribution is -2.37. The van der Waals surface area contributed by atoms with E-state index in [9.17, 15) is 9.18 Å². The Balaban J connectivity index is 0.00000484. The van der Waals surface area contributed by atoms with E-state index in [0.717, 1.165) is 12.1 Å². The maximum Gasteiger partial charge on any atom is 0.305 e. The molecule has 0 aliphatic rings. The molecule has 0 atom stereocenters. The number of guanidine groups is 1. The number of ether oxygens (including phenoxy) is 1. The molecule has 0 heterocycles. The van der Waals surface area contributed by atoms with Gasteiger partial charge in [-0.2, -0.15) is 0 Å². The van der Waals surface area contributed by atoms with Crippen molar-refractivity contribution in [1.29, 1.82) is 0 Å². The summed E-state index contributed by atoms with van der Waals surface area (Å²) < 4.78 is 18.0. The molecule has 0 saturated carbocycles. The first-order valence-corrected chi connectivity index (χ1v) is 7.58. The molecule has 5 nitrogen and oxygen atoms in total. The Morgan fingerprint density at radius 2 is 2.09 bits per heavy atom. The van der Waals surface area contributed by atoms with Crippen molar-refractivity contribution in [3.63, 3.8) is 0 Å². The molecule has 0 amide bonds. The Hall–Kier alpha value is -1.38. The molecule has 130 valence electrons. The van der Waals surface area contributed by atoms with E-state index in [1.54, 1.807) is 13.0 Å². The van der Waals surface area contributed by atoms with E-state index in [4.69, 9.17) is 4.74 Å². The summed E-state index contributed by atoms with van der Waals surface area (Å²) in [4.78, 5) is 15.6. The van der Waals surface area contributed by atoms with Crippen molar-refractivity contribution < 1.29 is 13.9 Å². The monoisotopic (exact) mass is 437 g/mol. The van der Waals surface area contributed by atoms with Crippen molar-refractivity contribution in [1.82, 2.24) is 10.6 Å². The molecule has 0 unspecified atom stereocenters. The van der Waals surface area contributed by atoms with Crippen LogP contribution in [0.15, 0.2) is 29.3 Å². The van der Waals surface area contributed by atoms with Crippen LogP contribution in [0.1, 0.15) is 32.3 Å². The molecule has 0 fully saturated rings. The zero-order valence-corrected chi connectivity index (χ0v) is 15.9. The number of nitrogens with zero attached hydrogens (tertiary/aromatic N) is 1. The zero-order chi connectivity index (χ0) is 16.2. The molecular weight excluding hydrogens is 412 g/mol. The Bertz CT molecular complexity index is 498. The minimum absolute atomic E-state index is 0. The molecule has 0 aliphatic heterocycles. The summed E-state index contributed by atoms with van der Waals surface area (Å²) in [7, 11) is 0. The number of hydrogen-bond acceptors (Lipinski definition) is 3. The number of esters is 1. The van der Waals surface area contributed by atoms with Crippen LogP contribution in [-0.2, 0) is 16.1 Å². The van der Waals surface area contributed by atoms with Crippen LogP contribution in [0.2, 0.25) is 0 Å². The van der Waals surface area contributed by atoms with Gasteiger partial charge < -0.3 is 15.4 Å². The Kier molecular flexibility index (Phi) is 12.3. The predicted octanol–water partition coefficient (Wildman–Crippen LogP) is 2.84. The third-order valence-corrected chi connectivity index (χ3v) is 2.81. The van der Waals surface area contributed by atoms with Crippen LogP contribution < -0.4 is 10.6 Å². The molecule has 0 spiro atoms. The normalized spacial score (nSPS) is 10.7. The van der Waals surface area contributed by atoms with Crippen LogP contribution in [0, 0.1) is 5.82 Å². The number of aliphatic imine (C=N–C) groups is 1. The maximum absolute atomic E-state index is 13.1. The van der Waals surface area contributed by atoms with Gasteiger partial charge in [0.15, 0.2) is 5.96 Å². The summed E-state index contributed by atoms with van der Waals surface area (Å²) in [6, 6.07) is 6.37. The molecule has 0 radical (unpaired) electrons. The fourth-order valence-corrected chi connectivity index (χ4v) is 1.82. The number of rotatable bonds is 8. The van der Waals surface area contributed by atoms with Crippen molar-refractivity contribution >= 4 is 35.9 Å². The van der Waals surface area contributed by atoms with Gasteiger partial charge in [-0.1, -0.05) is 12.1 Å². The van der Waals surface area contributed by atoms with Crippen LogP contribution in [0.4, 0.5) is 4.39 Å². The molecule has 1 aromatic carbocycles. The Morgan fingerprint density at radius 3 is 2.74 bits per heavy atom. The minimum Gasteiger partial charge on any atom is -0.466 e. The zero-order valence-electron chi connectivity index (χ0n) is 13.6. The fraction of sp³-hybridized carbons (Fsp3) is 0.500. The van der Waals surface area contributed by atoms with Gasteiger partial charge >= 0.3 is 5.97 Å².